The lowest BCUT2D eigenvalue weighted by atomic mass is 9.92. The van der Waals surface area contributed by atoms with Crippen LogP contribution in [-0.4, -0.2) is 55.6 Å². The van der Waals surface area contributed by atoms with Gasteiger partial charge in [0, 0.05) is 32.1 Å². The van der Waals surface area contributed by atoms with E-state index in [9.17, 15) is 18.0 Å². The van der Waals surface area contributed by atoms with Crippen LogP contribution in [-0.2, 0) is 19.6 Å². The molecule has 8 heteroatoms. The molecule has 2 aliphatic heterocycles. The first-order valence-electron chi connectivity index (χ1n) is 9.03. The second-order valence-electron chi connectivity index (χ2n) is 7.02. The minimum Gasteiger partial charge on any atom is -0.369 e. The van der Waals surface area contributed by atoms with E-state index >= 15 is 0 Å². The molecule has 0 spiro atoms. The number of carbonyl (C=O) groups excluding carboxylic acids is 2. The maximum atomic E-state index is 12.8. The number of sulfonamides is 1. The zero-order valence-corrected chi connectivity index (χ0v) is 15.5. The fraction of sp³-hybridized carbons (Fsp3) is 0.556. The minimum atomic E-state index is -3.51. The Balaban J connectivity index is 1.60. The summed E-state index contributed by atoms with van der Waals surface area (Å²) in [5.74, 6) is -0.797. The number of primary amides is 1. The van der Waals surface area contributed by atoms with Crippen LogP contribution < -0.4 is 5.73 Å². The molecule has 0 bridgehead atoms. The quantitative estimate of drug-likeness (QED) is 0.836. The largest absolute Gasteiger partial charge is 0.369 e. The molecule has 1 aromatic carbocycles. The lowest BCUT2D eigenvalue weighted by Crippen LogP contribution is -2.48. The van der Waals surface area contributed by atoms with E-state index in [4.69, 9.17) is 5.73 Å². The van der Waals surface area contributed by atoms with Crippen molar-refractivity contribution in [2.45, 2.75) is 30.6 Å². The molecule has 26 heavy (non-hydrogen) atoms. The number of hydrogen-bond donors (Lipinski definition) is 1. The van der Waals surface area contributed by atoms with Crippen molar-refractivity contribution in [2.24, 2.45) is 17.6 Å². The molecule has 0 unspecified atom stereocenters. The fourth-order valence-corrected chi connectivity index (χ4v) is 5.24. The lowest BCUT2D eigenvalue weighted by molar-refractivity contribution is -0.139. The van der Waals surface area contributed by atoms with E-state index in [0.29, 0.717) is 39.0 Å². The molecule has 0 saturated carbocycles. The number of carbonyl (C=O) groups is 2. The first-order chi connectivity index (χ1) is 12.4. The number of benzene rings is 1. The predicted molar refractivity (Wildman–Crippen MR) is 96.4 cm³/mol. The van der Waals surface area contributed by atoms with Crippen LogP contribution >= 0.6 is 0 Å². The lowest BCUT2D eigenvalue weighted by Gasteiger charge is -2.36. The van der Waals surface area contributed by atoms with E-state index in [1.54, 1.807) is 35.2 Å². The molecule has 2 amide bonds. The van der Waals surface area contributed by atoms with Gasteiger partial charge in [0.25, 0.3) is 0 Å². The smallest absolute Gasteiger partial charge is 0.243 e. The van der Waals surface area contributed by atoms with Crippen LogP contribution in [0.2, 0.25) is 0 Å². The number of piperidine rings is 2. The Hall–Kier alpha value is -1.93. The molecule has 2 saturated heterocycles. The summed E-state index contributed by atoms with van der Waals surface area (Å²) in [6.45, 7) is 1.70. The standard InChI is InChI=1S/C18H25N3O4S/c19-17(22)15-5-4-10-20(13-15)18(23)14-8-11-21(12-9-14)26(24,25)16-6-2-1-3-7-16/h1-3,6-7,14-15H,4-5,8-13H2,(H2,19,22)/t15-/m1/s1. The van der Waals surface area contributed by atoms with Crippen molar-refractivity contribution >= 4 is 21.8 Å². The van der Waals surface area contributed by atoms with Gasteiger partial charge in [0.1, 0.15) is 0 Å². The number of nitrogens with two attached hydrogens (primary N) is 1. The fourth-order valence-electron chi connectivity index (χ4n) is 3.75. The molecule has 3 rings (SSSR count). The maximum Gasteiger partial charge on any atom is 0.243 e. The van der Waals surface area contributed by atoms with Gasteiger partial charge in [-0.3, -0.25) is 9.59 Å². The van der Waals surface area contributed by atoms with Gasteiger partial charge < -0.3 is 10.6 Å². The van der Waals surface area contributed by atoms with Gasteiger partial charge in [0.15, 0.2) is 0 Å². The van der Waals surface area contributed by atoms with E-state index in [0.717, 1.165) is 12.8 Å². The predicted octanol–water partition coefficient (Wildman–Crippen LogP) is 0.811. The highest BCUT2D eigenvalue weighted by Crippen LogP contribution is 2.26. The van der Waals surface area contributed by atoms with Crippen molar-refractivity contribution in [3.05, 3.63) is 30.3 Å². The Labute approximate surface area is 154 Å². The van der Waals surface area contributed by atoms with Crippen LogP contribution in [0.25, 0.3) is 0 Å². The Morgan fingerprint density at radius 2 is 1.62 bits per heavy atom. The minimum absolute atomic E-state index is 0.0210. The van der Waals surface area contributed by atoms with Crippen LogP contribution in [0.1, 0.15) is 25.7 Å². The van der Waals surface area contributed by atoms with Gasteiger partial charge in [0.2, 0.25) is 21.8 Å². The van der Waals surface area contributed by atoms with E-state index in [1.807, 2.05) is 0 Å². The van der Waals surface area contributed by atoms with Crippen LogP contribution in [0, 0.1) is 11.8 Å². The molecule has 1 atom stereocenters. The summed E-state index contributed by atoms with van der Waals surface area (Å²) in [4.78, 5) is 26.2. The number of amides is 2. The van der Waals surface area contributed by atoms with Crippen LogP contribution in [0.3, 0.4) is 0 Å². The molecule has 2 aliphatic rings. The number of likely N-dealkylation sites (tertiary alicyclic amines) is 1. The molecular weight excluding hydrogens is 354 g/mol. The summed E-state index contributed by atoms with van der Waals surface area (Å²) in [6, 6.07) is 8.36. The Morgan fingerprint density at radius 3 is 2.23 bits per heavy atom. The van der Waals surface area contributed by atoms with Crippen molar-refractivity contribution in [1.82, 2.24) is 9.21 Å². The summed E-state index contributed by atoms with van der Waals surface area (Å²) < 4.78 is 26.8. The van der Waals surface area contributed by atoms with E-state index in [1.165, 1.54) is 4.31 Å². The number of hydrogen-bond acceptors (Lipinski definition) is 4. The third kappa shape index (κ3) is 3.91. The van der Waals surface area contributed by atoms with Gasteiger partial charge >= 0.3 is 0 Å². The molecule has 2 fully saturated rings. The van der Waals surface area contributed by atoms with Gasteiger partial charge in [-0.25, -0.2) is 8.42 Å². The number of nitrogens with zero attached hydrogens (tertiary/aromatic N) is 2. The molecular formula is C18H25N3O4S. The molecule has 7 nitrogen and oxygen atoms in total. The zero-order chi connectivity index (χ0) is 18.7. The zero-order valence-electron chi connectivity index (χ0n) is 14.7. The topological polar surface area (TPSA) is 101 Å². The van der Waals surface area contributed by atoms with Crippen LogP contribution in [0.5, 0.6) is 0 Å². The monoisotopic (exact) mass is 379 g/mol. The van der Waals surface area contributed by atoms with Gasteiger partial charge in [-0.05, 0) is 37.8 Å². The molecule has 2 heterocycles. The van der Waals surface area contributed by atoms with E-state index < -0.39 is 10.0 Å². The van der Waals surface area contributed by atoms with Crippen LogP contribution in [0.4, 0.5) is 0 Å². The van der Waals surface area contributed by atoms with Gasteiger partial charge in [0.05, 0.1) is 10.8 Å². The SMILES string of the molecule is NC(=O)[C@@H]1CCCN(C(=O)C2CCN(S(=O)(=O)c3ccccc3)CC2)C1. The second kappa shape index (κ2) is 7.75. The molecule has 142 valence electrons. The molecule has 2 N–H and O–H groups in total. The number of rotatable bonds is 4. The first kappa shape index (κ1) is 18.8. The highest BCUT2D eigenvalue weighted by Gasteiger charge is 2.35. The molecule has 0 aromatic heterocycles. The summed E-state index contributed by atoms with van der Waals surface area (Å²) in [5.41, 5.74) is 5.38. The maximum absolute atomic E-state index is 12.8. The summed E-state index contributed by atoms with van der Waals surface area (Å²) in [6.07, 6.45) is 2.51. The summed E-state index contributed by atoms with van der Waals surface area (Å²) in [5, 5.41) is 0. The van der Waals surface area contributed by atoms with Gasteiger partial charge in [-0.1, -0.05) is 18.2 Å². The van der Waals surface area contributed by atoms with Crippen molar-refractivity contribution in [2.75, 3.05) is 26.2 Å². The van der Waals surface area contributed by atoms with Crippen molar-refractivity contribution in [3.63, 3.8) is 0 Å². The third-order valence-electron chi connectivity index (χ3n) is 5.32. The van der Waals surface area contributed by atoms with E-state index in [-0.39, 0.29) is 28.5 Å². The van der Waals surface area contributed by atoms with Gasteiger partial charge in [-0.15, -0.1) is 0 Å². The Morgan fingerprint density at radius 1 is 0.962 bits per heavy atom. The first-order valence-corrected chi connectivity index (χ1v) is 10.5. The van der Waals surface area contributed by atoms with E-state index in [2.05, 4.69) is 0 Å². The van der Waals surface area contributed by atoms with Crippen molar-refractivity contribution in [1.29, 1.82) is 0 Å². The summed E-state index contributed by atoms with van der Waals surface area (Å²) in [7, 11) is -3.51. The normalized spacial score (nSPS) is 22.9. The van der Waals surface area contributed by atoms with Crippen molar-refractivity contribution < 1.29 is 18.0 Å². The highest BCUT2D eigenvalue weighted by atomic mass is 32.2. The Bertz CT molecular complexity index is 758. The van der Waals surface area contributed by atoms with Gasteiger partial charge in [-0.2, -0.15) is 4.31 Å². The average molecular weight is 379 g/mol. The van der Waals surface area contributed by atoms with Crippen molar-refractivity contribution in [3.8, 4) is 0 Å². The molecule has 0 radical (unpaired) electrons. The Kier molecular flexibility index (Phi) is 5.62. The average Bonchev–Trinajstić information content (AvgIpc) is 2.68. The molecule has 1 aromatic rings. The second-order valence-corrected chi connectivity index (χ2v) is 8.96. The third-order valence-corrected chi connectivity index (χ3v) is 7.23. The summed E-state index contributed by atoms with van der Waals surface area (Å²) >= 11 is 0. The molecule has 0 aliphatic carbocycles. The van der Waals surface area contributed by atoms with Crippen LogP contribution in [0.15, 0.2) is 35.2 Å². The highest BCUT2D eigenvalue weighted by molar-refractivity contribution is 7.89.